The summed E-state index contributed by atoms with van der Waals surface area (Å²) < 4.78 is 46.8. The average Bonchev–Trinajstić information content (AvgIpc) is 3.34. The van der Waals surface area contributed by atoms with E-state index in [1.807, 2.05) is 0 Å². The topological polar surface area (TPSA) is 105 Å². The van der Waals surface area contributed by atoms with E-state index in [0.29, 0.717) is 13.2 Å². The van der Waals surface area contributed by atoms with Crippen molar-refractivity contribution in [1.82, 2.24) is 10.0 Å². The molecule has 0 aliphatic carbocycles. The van der Waals surface area contributed by atoms with Gasteiger partial charge in [0.25, 0.3) is 0 Å². The zero-order valence-corrected chi connectivity index (χ0v) is 19.2. The molecule has 1 saturated heterocycles. The summed E-state index contributed by atoms with van der Waals surface area (Å²) in [6.45, 7) is 2.08. The molecular formula is C23H28FN3O5S. The lowest BCUT2D eigenvalue weighted by molar-refractivity contribution is -0.126. The Morgan fingerprint density at radius 1 is 1.18 bits per heavy atom. The fourth-order valence-corrected chi connectivity index (χ4v) is 4.67. The van der Waals surface area contributed by atoms with Gasteiger partial charge in [0, 0.05) is 18.8 Å². The van der Waals surface area contributed by atoms with Crippen molar-refractivity contribution in [2.75, 3.05) is 24.6 Å². The number of rotatable bonds is 10. The van der Waals surface area contributed by atoms with Gasteiger partial charge < -0.3 is 10.1 Å². The van der Waals surface area contributed by atoms with Crippen molar-refractivity contribution in [1.29, 1.82) is 0 Å². The molecule has 0 spiro atoms. The highest BCUT2D eigenvalue weighted by atomic mass is 32.2. The molecule has 0 aromatic heterocycles. The predicted molar refractivity (Wildman–Crippen MR) is 122 cm³/mol. The number of carbonyl (C=O) groups excluding carboxylic acids is 2. The molecule has 3 rings (SSSR count). The Balaban J connectivity index is 1.79. The standard InChI is InChI=1S/C23H28FN3O5S/c1-2-21(23(29)25-15-19-10-7-13-32-19)27(18-9-6-8-17(24)14-18)22(28)16-26-33(30,31)20-11-4-3-5-12-20/h3-6,8-9,11-12,14,19,21,26H,2,7,10,13,15-16H2,1H3,(H,25,29)/t19-,21+/m0/s1. The van der Waals surface area contributed by atoms with Gasteiger partial charge in [-0.2, -0.15) is 0 Å². The lowest BCUT2D eigenvalue weighted by Gasteiger charge is -2.31. The number of hydrogen-bond donors (Lipinski definition) is 2. The van der Waals surface area contributed by atoms with Crippen LogP contribution < -0.4 is 14.9 Å². The van der Waals surface area contributed by atoms with Crippen molar-refractivity contribution < 1.29 is 27.1 Å². The predicted octanol–water partition coefficient (Wildman–Crippen LogP) is 2.21. The van der Waals surface area contributed by atoms with Crippen LogP contribution in [-0.2, 0) is 24.3 Å². The average molecular weight is 478 g/mol. The van der Waals surface area contributed by atoms with E-state index in [1.54, 1.807) is 25.1 Å². The third kappa shape index (κ3) is 6.59. The van der Waals surface area contributed by atoms with Crippen LogP contribution in [0.4, 0.5) is 10.1 Å². The molecule has 2 aromatic carbocycles. The van der Waals surface area contributed by atoms with E-state index in [0.717, 1.165) is 23.8 Å². The smallest absolute Gasteiger partial charge is 0.243 e. The van der Waals surface area contributed by atoms with Crippen LogP contribution in [0.15, 0.2) is 59.5 Å². The Kier molecular flexibility index (Phi) is 8.54. The van der Waals surface area contributed by atoms with E-state index < -0.39 is 40.2 Å². The van der Waals surface area contributed by atoms with E-state index >= 15 is 0 Å². The minimum atomic E-state index is -3.94. The number of halogens is 1. The Morgan fingerprint density at radius 3 is 2.58 bits per heavy atom. The fourth-order valence-electron chi connectivity index (χ4n) is 3.67. The third-order valence-corrected chi connectivity index (χ3v) is 6.77. The maximum absolute atomic E-state index is 13.9. The SMILES string of the molecule is CC[C@H](C(=O)NC[C@@H]1CCCO1)N(C(=O)CNS(=O)(=O)c1ccccc1)c1cccc(F)c1. The molecule has 8 nitrogen and oxygen atoms in total. The van der Waals surface area contributed by atoms with Crippen LogP contribution in [-0.4, -0.2) is 52.1 Å². The quantitative estimate of drug-likeness (QED) is 0.546. The van der Waals surface area contributed by atoms with E-state index in [2.05, 4.69) is 10.0 Å². The van der Waals surface area contributed by atoms with Crippen LogP contribution in [0, 0.1) is 5.82 Å². The molecule has 1 heterocycles. The zero-order valence-electron chi connectivity index (χ0n) is 18.4. The normalized spacial score (nSPS) is 16.8. The molecule has 0 bridgehead atoms. The van der Waals surface area contributed by atoms with Crippen molar-refractivity contribution in [3.05, 3.63) is 60.4 Å². The molecule has 1 aliphatic rings. The van der Waals surface area contributed by atoms with E-state index in [4.69, 9.17) is 4.74 Å². The molecule has 178 valence electrons. The summed E-state index contributed by atoms with van der Waals surface area (Å²) in [7, 11) is -3.94. The highest BCUT2D eigenvalue weighted by Gasteiger charge is 2.31. The molecule has 2 amide bonds. The molecule has 33 heavy (non-hydrogen) atoms. The van der Waals surface area contributed by atoms with Gasteiger partial charge in [-0.25, -0.2) is 17.5 Å². The van der Waals surface area contributed by atoms with Crippen LogP contribution >= 0.6 is 0 Å². The summed E-state index contributed by atoms with van der Waals surface area (Å²) in [6, 6.07) is 12.0. The zero-order chi connectivity index (χ0) is 23.8. The molecule has 2 N–H and O–H groups in total. The lowest BCUT2D eigenvalue weighted by Crippen LogP contribution is -2.53. The highest BCUT2D eigenvalue weighted by molar-refractivity contribution is 7.89. The summed E-state index contributed by atoms with van der Waals surface area (Å²) in [5, 5.41) is 2.80. The molecule has 2 aromatic rings. The largest absolute Gasteiger partial charge is 0.376 e. The monoisotopic (exact) mass is 477 g/mol. The van der Waals surface area contributed by atoms with Crippen molar-refractivity contribution >= 4 is 27.5 Å². The van der Waals surface area contributed by atoms with E-state index in [1.165, 1.54) is 30.3 Å². The van der Waals surface area contributed by atoms with Gasteiger partial charge in [-0.1, -0.05) is 31.2 Å². The van der Waals surface area contributed by atoms with Crippen LogP contribution in [0.25, 0.3) is 0 Å². The Morgan fingerprint density at radius 2 is 1.94 bits per heavy atom. The summed E-state index contributed by atoms with van der Waals surface area (Å²) in [5.74, 6) is -1.68. The highest BCUT2D eigenvalue weighted by Crippen LogP contribution is 2.21. The molecule has 0 saturated carbocycles. The maximum atomic E-state index is 13.9. The molecule has 10 heteroatoms. The Hall–Kier alpha value is -2.82. The molecule has 1 aliphatic heterocycles. The molecule has 1 fully saturated rings. The van der Waals surface area contributed by atoms with E-state index in [9.17, 15) is 22.4 Å². The van der Waals surface area contributed by atoms with Gasteiger partial charge in [-0.05, 0) is 49.6 Å². The van der Waals surface area contributed by atoms with E-state index in [-0.39, 0.29) is 23.1 Å². The maximum Gasteiger partial charge on any atom is 0.243 e. The number of ether oxygens (including phenoxy) is 1. The lowest BCUT2D eigenvalue weighted by atomic mass is 10.1. The van der Waals surface area contributed by atoms with Gasteiger partial charge in [0.2, 0.25) is 21.8 Å². The number of nitrogens with one attached hydrogen (secondary N) is 2. The van der Waals surface area contributed by atoms with Crippen LogP contribution in [0.1, 0.15) is 26.2 Å². The van der Waals surface area contributed by atoms with Crippen molar-refractivity contribution in [2.45, 2.75) is 43.2 Å². The number of hydrogen-bond acceptors (Lipinski definition) is 5. The summed E-state index contributed by atoms with van der Waals surface area (Å²) in [6.07, 6.45) is 1.92. The number of nitrogens with zero attached hydrogens (tertiary/aromatic N) is 1. The summed E-state index contributed by atoms with van der Waals surface area (Å²) in [4.78, 5) is 27.3. The second-order valence-corrected chi connectivity index (χ2v) is 9.45. The molecular weight excluding hydrogens is 449 g/mol. The summed E-state index contributed by atoms with van der Waals surface area (Å²) in [5.41, 5.74) is 0.165. The van der Waals surface area contributed by atoms with Gasteiger partial charge in [0.15, 0.2) is 0 Å². The minimum Gasteiger partial charge on any atom is -0.376 e. The van der Waals surface area contributed by atoms with Crippen molar-refractivity contribution in [3.63, 3.8) is 0 Å². The second kappa shape index (κ2) is 11.4. The van der Waals surface area contributed by atoms with Gasteiger partial charge in [-0.3, -0.25) is 14.5 Å². The fraction of sp³-hybridized carbons (Fsp3) is 0.391. The van der Waals surface area contributed by atoms with Crippen LogP contribution in [0.5, 0.6) is 0 Å². The van der Waals surface area contributed by atoms with Crippen molar-refractivity contribution in [3.8, 4) is 0 Å². The van der Waals surface area contributed by atoms with Gasteiger partial charge in [0.05, 0.1) is 17.5 Å². The molecule has 0 radical (unpaired) electrons. The van der Waals surface area contributed by atoms with Gasteiger partial charge in [-0.15, -0.1) is 0 Å². The number of benzene rings is 2. The first-order valence-electron chi connectivity index (χ1n) is 10.8. The number of sulfonamides is 1. The molecule has 0 unspecified atom stereocenters. The minimum absolute atomic E-state index is 0.0106. The second-order valence-electron chi connectivity index (χ2n) is 7.69. The Bertz CT molecular complexity index is 1060. The molecule has 2 atom stereocenters. The third-order valence-electron chi connectivity index (χ3n) is 5.35. The Labute approximate surface area is 193 Å². The first-order valence-corrected chi connectivity index (χ1v) is 12.3. The number of anilines is 1. The van der Waals surface area contributed by atoms with Gasteiger partial charge >= 0.3 is 0 Å². The summed E-state index contributed by atoms with van der Waals surface area (Å²) >= 11 is 0. The first kappa shape index (κ1) is 24.8. The first-order chi connectivity index (χ1) is 15.8. The number of carbonyl (C=O) groups is 2. The van der Waals surface area contributed by atoms with Gasteiger partial charge in [0.1, 0.15) is 11.9 Å². The van der Waals surface area contributed by atoms with Crippen molar-refractivity contribution in [2.24, 2.45) is 0 Å². The van der Waals surface area contributed by atoms with Crippen LogP contribution in [0.2, 0.25) is 0 Å². The number of amides is 2. The van der Waals surface area contributed by atoms with Crippen LogP contribution in [0.3, 0.4) is 0 Å².